The highest BCUT2D eigenvalue weighted by atomic mass is 32.1. The van der Waals surface area contributed by atoms with Gasteiger partial charge in [-0.1, -0.05) is 6.07 Å². The van der Waals surface area contributed by atoms with Gasteiger partial charge in [0.25, 0.3) is 0 Å². The van der Waals surface area contributed by atoms with Gasteiger partial charge in [-0.15, -0.1) is 11.3 Å². The Balaban J connectivity index is 2.20. The van der Waals surface area contributed by atoms with Gasteiger partial charge in [0.15, 0.2) is 0 Å². The lowest BCUT2D eigenvalue weighted by Crippen LogP contribution is -2.46. The number of hydrogen-bond donors (Lipinski definition) is 2. The van der Waals surface area contributed by atoms with E-state index in [-0.39, 0.29) is 0 Å². The third-order valence-corrected chi connectivity index (χ3v) is 3.76. The van der Waals surface area contributed by atoms with Crippen molar-refractivity contribution >= 4 is 17.3 Å². The number of hydrogen-bond acceptors (Lipinski definition) is 4. The van der Waals surface area contributed by atoms with Gasteiger partial charge in [-0.3, -0.25) is 10.3 Å². The fourth-order valence-electron chi connectivity index (χ4n) is 1.66. The molecule has 2 heterocycles. The molecule has 0 radical (unpaired) electrons. The minimum Gasteiger partial charge on any atom is -0.480 e. The zero-order valence-corrected chi connectivity index (χ0v) is 10.8. The fourth-order valence-corrected chi connectivity index (χ4v) is 2.31. The Kier molecular flexibility index (Phi) is 3.74. The second-order valence-electron chi connectivity index (χ2n) is 4.10. The highest BCUT2D eigenvalue weighted by Gasteiger charge is 2.34. The predicted molar refractivity (Wildman–Crippen MR) is 70.4 cm³/mol. The molecule has 0 aliphatic rings. The third-order valence-electron chi connectivity index (χ3n) is 2.88. The van der Waals surface area contributed by atoms with Gasteiger partial charge in [-0.05, 0) is 36.1 Å². The molecule has 0 spiro atoms. The maximum atomic E-state index is 11.5. The number of thiophene rings is 1. The van der Waals surface area contributed by atoms with E-state index in [1.165, 1.54) is 0 Å². The van der Waals surface area contributed by atoms with Gasteiger partial charge in [0.2, 0.25) is 0 Å². The third kappa shape index (κ3) is 2.57. The molecule has 2 aromatic rings. The van der Waals surface area contributed by atoms with Crippen molar-refractivity contribution in [3.8, 4) is 0 Å². The van der Waals surface area contributed by atoms with E-state index in [1.54, 1.807) is 42.8 Å². The van der Waals surface area contributed by atoms with Crippen LogP contribution in [0.25, 0.3) is 0 Å². The summed E-state index contributed by atoms with van der Waals surface area (Å²) < 4.78 is 0. The summed E-state index contributed by atoms with van der Waals surface area (Å²) in [6.45, 7) is 2.20. The number of pyridine rings is 1. The van der Waals surface area contributed by atoms with Crippen molar-refractivity contribution in [3.63, 3.8) is 0 Å². The Hall–Kier alpha value is -1.72. The number of aliphatic carboxylic acids is 1. The average Bonchev–Trinajstić information content (AvgIpc) is 2.90. The van der Waals surface area contributed by atoms with E-state index in [4.69, 9.17) is 0 Å². The minimum atomic E-state index is -1.10. The lowest BCUT2D eigenvalue weighted by Gasteiger charge is -2.26. The number of aromatic nitrogens is 1. The number of carboxylic acids is 1. The van der Waals surface area contributed by atoms with Crippen LogP contribution in [-0.2, 0) is 16.9 Å². The van der Waals surface area contributed by atoms with Crippen molar-refractivity contribution in [3.05, 3.63) is 52.5 Å². The molecule has 2 aromatic heterocycles. The maximum absolute atomic E-state index is 11.5. The zero-order chi connectivity index (χ0) is 13.0. The normalized spacial score (nSPS) is 14.1. The van der Waals surface area contributed by atoms with Crippen LogP contribution in [0, 0.1) is 0 Å². The van der Waals surface area contributed by atoms with E-state index in [0.29, 0.717) is 12.1 Å². The van der Waals surface area contributed by atoms with Gasteiger partial charge >= 0.3 is 5.97 Å². The van der Waals surface area contributed by atoms with Crippen molar-refractivity contribution in [2.45, 2.75) is 19.0 Å². The average molecular weight is 262 g/mol. The number of nitrogens with one attached hydrogen (secondary N) is 1. The van der Waals surface area contributed by atoms with Gasteiger partial charge in [0.1, 0.15) is 5.54 Å². The molecule has 4 nitrogen and oxygen atoms in total. The molecule has 0 aromatic carbocycles. The number of carbonyl (C=O) groups is 1. The molecule has 0 saturated heterocycles. The summed E-state index contributed by atoms with van der Waals surface area (Å²) in [4.78, 5) is 16.5. The molecule has 0 fully saturated rings. The Labute approximate surface area is 109 Å². The highest BCUT2D eigenvalue weighted by Crippen LogP contribution is 2.21. The molecule has 2 N–H and O–H groups in total. The number of nitrogens with zero attached hydrogens (tertiary/aromatic N) is 1. The zero-order valence-electron chi connectivity index (χ0n) is 9.96. The van der Waals surface area contributed by atoms with Gasteiger partial charge in [0, 0.05) is 23.8 Å². The monoisotopic (exact) mass is 262 g/mol. The molecule has 0 bridgehead atoms. The van der Waals surface area contributed by atoms with Crippen LogP contribution in [-0.4, -0.2) is 16.1 Å². The smallest absolute Gasteiger partial charge is 0.328 e. The molecular formula is C13H14N2O2S. The molecule has 1 atom stereocenters. The summed E-state index contributed by atoms with van der Waals surface area (Å²) in [6, 6.07) is 7.36. The van der Waals surface area contributed by atoms with Gasteiger partial charge in [-0.2, -0.15) is 0 Å². The van der Waals surface area contributed by atoms with Crippen molar-refractivity contribution in [1.82, 2.24) is 10.3 Å². The SMILES string of the molecule is CC(NCc1cccs1)(C(=O)O)c1ccncc1. The van der Waals surface area contributed by atoms with E-state index in [2.05, 4.69) is 10.3 Å². The first-order chi connectivity index (χ1) is 8.63. The van der Waals surface area contributed by atoms with Crippen LogP contribution in [0.2, 0.25) is 0 Å². The first-order valence-electron chi connectivity index (χ1n) is 5.54. The molecular weight excluding hydrogens is 248 g/mol. The predicted octanol–water partition coefficient (Wildman–Crippen LogP) is 2.23. The summed E-state index contributed by atoms with van der Waals surface area (Å²) in [7, 11) is 0. The fraction of sp³-hybridized carbons (Fsp3) is 0.231. The quantitative estimate of drug-likeness (QED) is 0.867. The summed E-state index contributed by atoms with van der Waals surface area (Å²) in [5.74, 6) is -0.898. The van der Waals surface area contributed by atoms with Crippen molar-refractivity contribution in [2.75, 3.05) is 0 Å². The lowest BCUT2D eigenvalue weighted by atomic mass is 9.93. The van der Waals surface area contributed by atoms with Crippen LogP contribution >= 0.6 is 11.3 Å². The molecule has 2 rings (SSSR count). The second-order valence-corrected chi connectivity index (χ2v) is 5.13. The highest BCUT2D eigenvalue weighted by molar-refractivity contribution is 7.09. The van der Waals surface area contributed by atoms with Crippen molar-refractivity contribution < 1.29 is 9.90 Å². The van der Waals surface area contributed by atoms with E-state index in [0.717, 1.165) is 4.88 Å². The lowest BCUT2D eigenvalue weighted by molar-refractivity contribution is -0.144. The van der Waals surface area contributed by atoms with Gasteiger partial charge < -0.3 is 5.11 Å². The van der Waals surface area contributed by atoms with E-state index in [1.807, 2.05) is 17.5 Å². The minimum absolute atomic E-state index is 0.531. The van der Waals surface area contributed by atoms with Crippen LogP contribution in [0.5, 0.6) is 0 Å². The summed E-state index contributed by atoms with van der Waals surface area (Å²) >= 11 is 1.60. The topological polar surface area (TPSA) is 62.2 Å². The van der Waals surface area contributed by atoms with E-state index in [9.17, 15) is 9.90 Å². The number of rotatable bonds is 5. The molecule has 94 valence electrons. The molecule has 0 aliphatic heterocycles. The van der Waals surface area contributed by atoms with E-state index >= 15 is 0 Å². The van der Waals surface area contributed by atoms with Crippen LogP contribution in [0.1, 0.15) is 17.4 Å². The molecule has 0 saturated carbocycles. The molecule has 0 amide bonds. The standard InChI is InChI=1S/C13H14N2O2S/c1-13(12(16)17,10-4-6-14-7-5-10)15-9-11-3-2-8-18-11/h2-8,15H,9H2,1H3,(H,16,17). The maximum Gasteiger partial charge on any atom is 0.328 e. The van der Waals surface area contributed by atoms with Crippen LogP contribution < -0.4 is 5.32 Å². The van der Waals surface area contributed by atoms with E-state index < -0.39 is 11.5 Å². The van der Waals surface area contributed by atoms with Gasteiger partial charge in [0.05, 0.1) is 0 Å². The molecule has 0 aliphatic carbocycles. The Morgan fingerprint density at radius 2 is 2.17 bits per heavy atom. The first kappa shape index (κ1) is 12.7. The summed E-state index contributed by atoms with van der Waals surface area (Å²) in [6.07, 6.45) is 3.20. The second kappa shape index (κ2) is 5.29. The molecule has 18 heavy (non-hydrogen) atoms. The van der Waals surface area contributed by atoms with Crippen LogP contribution in [0.4, 0.5) is 0 Å². The van der Waals surface area contributed by atoms with Crippen molar-refractivity contribution in [1.29, 1.82) is 0 Å². The van der Waals surface area contributed by atoms with Crippen LogP contribution in [0.15, 0.2) is 42.0 Å². The van der Waals surface area contributed by atoms with Gasteiger partial charge in [-0.25, -0.2) is 4.79 Å². The van der Waals surface area contributed by atoms with Crippen molar-refractivity contribution in [2.24, 2.45) is 0 Å². The Bertz CT molecular complexity index is 513. The first-order valence-corrected chi connectivity index (χ1v) is 6.42. The Morgan fingerprint density at radius 3 is 2.72 bits per heavy atom. The largest absolute Gasteiger partial charge is 0.480 e. The summed E-state index contributed by atoms with van der Waals surface area (Å²) in [5, 5.41) is 14.5. The Morgan fingerprint density at radius 1 is 1.44 bits per heavy atom. The summed E-state index contributed by atoms with van der Waals surface area (Å²) in [5.41, 5.74) is -0.408. The molecule has 5 heteroatoms. The van der Waals surface area contributed by atoms with Crippen LogP contribution in [0.3, 0.4) is 0 Å². The number of carboxylic acid groups (broad SMARTS) is 1. The molecule has 1 unspecified atom stereocenters.